The Morgan fingerprint density at radius 1 is 0.618 bits per heavy atom. The molecule has 0 fully saturated rings. The number of para-hydroxylation sites is 1. The summed E-state index contributed by atoms with van der Waals surface area (Å²) in [5.74, 6) is 2.47. The van der Waals surface area contributed by atoms with Gasteiger partial charge in [0.1, 0.15) is 5.75 Å². The molecule has 0 saturated carbocycles. The first-order chi connectivity index (χ1) is 16.3. The van der Waals surface area contributed by atoms with Gasteiger partial charge in [-0.2, -0.15) is 0 Å². The lowest BCUT2D eigenvalue weighted by Gasteiger charge is -2.17. The van der Waals surface area contributed by atoms with Crippen LogP contribution >= 0.6 is 17.2 Å². The lowest BCUT2D eigenvalue weighted by Crippen LogP contribution is -2.01. The van der Waals surface area contributed by atoms with Crippen molar-refractivity contribution in [2.75, 3.05) is 13.2 Å². The second-order valence-electron chi connectivity index (χ2n) is 9.46. The molecule has 0 atom stereocenters. The van der Waals surface area contributed by atoms with Crippen LogP contribution in [0.2, 0.25) is 0 Å². The molecule has 0 heterocycles. The summed E-state index contributed by atoms with van der Waals surface area (Å²) in [6.07, 6.45) is 15.3. The Hall–Kier alpha value is -0.320. The van der Waals surface area contributed by atoms with Gasteiger partial charge in [0.25, 0.3) is 0 Å². The quantitative estimate of drug-likeness (QED) is 0.118. The van der Waals surface area contributed by atoms with Crippen molar-refractivity contribution in [3.63, 3.8) is 0 Å². The number of benzene rings is 1. The fourth-order valence-electron chi connectivity index (χ4n) is 3.31. The molecule has 0 aliphatic carbocycles. The molecule has 8 heteroatoms. The van der Waals surface area contributed by atoms with Gasteiger partial charge in [-0.1, -0.05) is 110 Å². The Morgan fingerprint density at radius 3 is 1.41 bits per heavy atom. The summed E-state index contributed by atoms with van der Waals surface area (Å²) >= 11 is 0. The molecule has 1 aromatic rings. The van der Waals surface area contributed by atoms with E-state index < -0.39 is 17.2 Å². The number of unbranched alkanes of at least 4 members (excludes halogenated alkanes) is 8. The van der Waals surface area contributed by atoms with Crippen LogP contribution in [-0.4, -0.2) is 27.9 Å². The van der Waals surface area contributed by atoms with Gasteiger partial charge in [-0.3, -0.25) is 0 Å². The number of hydrogen-bond acceptors (Lipinski definition) is 6. The zero-order valence-corrected chi connectivity index (χ0v) is 23.7. The third-order valence-electron chi connectivity index (χ3n) is 5.17. The third kappa shape index (κ3) is 26.3. The molecule has 0 aromatic heterocycles. The second kappa shape index (κ2) is 24.4. The van der Waals surface area contributed by atoms with Crippen molar-refractivity contribution < 1.29 is 28.3 Å². The molecule has 1 aromatic carbocycles. The Morgan fingerprint density at radius 2 is 1.00 bits per heavy atom. The summed E-state index contributed by atoms with van der Waals surface area (Å²) in [7, 11) is -3.93. The van der Waals surface area contributed by atoms with Crippen LogP contribution in [0.4, 0.5) is 0 Å². The molecule has 6 nitrogen and oxygen atoms in total. The van der Waals surface area contributed by atoms with Crippen LogP contribution in [0.25, 0.3) is 0 Å². The minimum atomic E-state index is -2.62. The molecule has 0 bridgehead atoms. The predicted molar refractivity (Wildman–Crippen MR) is 145 cm³/mol. The monoisotopic (exact) mass is 520 g/mol. The first-order valence-corrected chi connectivity index (χ1v) is 15.3. The van der Waals surface area contributed by atoms with Gasteiger partial charge in [0.05, 0.1) is 13.2 Å². The maximum Gasteiger partial charge on any atom is 0.397 e. The summed E-state index contributed by atoms with van der Waals surface area (Å²) in [6.45, 7) is 10.6. The molecular formula is C26H50O6P2. The maximum absolute atomic E-state index is 7.23. The molecule has 34 heavy (non-hydrogen) atoms. The van der Waals surface area contributed by atoms with E-state index in [1.165, 1.54) is 64.2 Å². The molecule has 200 valence electrons. The molecule has 0 saturated heterocycles. The van der Waals surface area contributed by atoms with Gasteiger partial charge in [0.15, 0.2) is 0 Å². The highest BCUT2D eigenvalue weighted by atomic mass is 31.2. The molecule has 0 aliphatic rings. The van der Waals surface area contributed by atoms with Crippen molar-refractivity contribution in [3.05, 3.63) is 30.3 Å². The van der Waals surface area contributed by atoms with Gasteiger partial charge >= 0.3 is 17.2 Å². The lowest BCUT2D eigenvalue weighted by molar-refractivity contribution is 0.198. The van der Waals surface area contributed by atoms with E-state index in [4.69, 9.17) is 28.3 Å². The molecule has 0 radical (unpaired) electrons. The lowest BCUT2D eigenvalue weighted by atomic mass is 10.0. The van der Waals surface area contributed by atoms with Crippen molar-refractivity contribution >= 4 is 17.2 Å². The molecule has 0 spiro atoms. The smallest absolute Gasteiger partial charge is 0.397 e. The molecule has 0 aliphatic heterocycles. The van der Waals surface area contributed by atoms with E-state index in [1.54, 1.807) is 0 Å². The Kier molecular flexibility index (Phi) is 24.1. The highest BCUT2D eigenvalue weighted by molar-refractivity contribution is 7.42. The summed E-state index contributed by atoms with van der Waals surface area (Å²) in [5.41, 5.74) is 0. The Labute approximate surface area is 211 Å². The van der Waals surface area contributed by atoms with Crippen molar-refractivity contribution in [1.29, 1.82) is 0 Å². The standard InChI is InChI=1S/C26H47O3P.H3O3P/c1-24(2)18-12-7-5-9-16-22-27-30(29-26-20-14-11-15-21-26)28-23-17-10-6-8-13-19-25(3)4;1-4(2)3/h11,14-15,20-21,24-25H,5-10,12-13,16-19,22-23H2,1-4H3;1-3H. The first kappa shape index (κ1) is 33.7. The Balaban J connectivity index is 0.00000251. The minimum absolute atomic E-state index is 0.720. The van der Waals surface area contributed by atoms with Crippen LogP contribution in [0.15, 0.2) is 30.3 Å². The van der Waals surface area contributed by atoms with Crippen molar-refractivity contribution in [1.82, 2.24) is 0 Å². The zero-order valence-electron chi connectivity index (χ0n) is 21.9. The molecule has 3 N–H and O–H groups in total. The van der Waals surface area contributed by atoms with Gasteiger partial charge < -0.3 is 28.3 Å². The molecule has 0 amide bonds. The minimum Gasteiger partial charge on any atom is -0.427 e. The second-order valence-corrected chi connectivity index (χ2v) is 11.1. The average molecular weight is 521 g/mol. The highest BCUT2D eigenvalue weighted by Crippen LogP contribution is 2.41. The maximum atomic E-state index is 7.23. The van der Waals surface area contributed by atoms with E-state index in [0.717, 1.165) is 43.6 Å². The third-order valence-corrected chi connectivity index (χ3v) is 6.31. The number of rotatable bonds is 20. The molecule has 1 rings (SSSR count). The fourth-order valence-corrected chi connectivity index (χ4v) is 4.34. The van der Waals surface area contributed by atoms with Crippen LogP contribution in [0.3, 0.4) is 0 Å². The van der Waals surface area contributed by atoms with Crippen LogP contribution in [0, 0.1) is 11.8 Å². The van der Waals surface area contributed by atoms with Crippen molar-refractivity contribution in [2.24, 2.45) is 11.8 Å². The predicted octanol–water partition coefficient (Wildman–Crippen LogP) is 8.51. The van der Waals surface area contributed by atoms with E-state index in [-0.39, 0.29) is 0 Å². The van der Waals surface area contributed by atoms with Crippen LogP contribution in [0.5, 0.6) is 5.75 Å². The summed E-state index contributed by atoms with van der Waals surface area (Å²) in [6, 6.07) is 9.89. The Bertz CT molecular complexity index is 505. The molecule has 0 unspecified atom stereocenters. The average Bonchev–Trinajstić information content (AvgIpc) is 2.77. The zero-order chi connectivity index (χ0) is 25.4. The van der Waals surface area contributed by atoms with Crippen LogP contribution in [-0.2, 0) is 9.05 Å². The number of hydrogen-bond donors (Lipinski definition) is 3. The van der Waals surface area contributed by atoms with Gasteiger partial charge in [0, 0.05) is 0 Å². The van der Waals surface area contributed by atoms with E-state index in [9.17, 15) is 0 Å². The molecular weight excluding hydrogens is 470 g/mol. The SMILES string of the molecule is CC(C)CCCCCCCOP(OCCCCCCCC(C)C)Oc1ccccc1.OP(O)O. The fraction of sp³-hybridized carbons (Fsp3) is 0.769. The van der Waals surface area contributed by atoms with Crippen LogP contribution in [0.1, 0.15) is 105 Å². The van der Waals surface area contributed by atoms with Crippen molar-refractivity contribution in [3.8, 4) is 5.75 Å². The summed E-state index contributed by atoms with van der Waals surface area (Å²) < 4.78 is 17.9. The van der Waals surface area contributed by atoms with E-state index >= 15 is 0 Å². The van der Waals surface area contributed by atoms with Gasteiger partial charge in [-0.05, 0) is 36.8 Å². The van der Waals surface area contributed by atoms with Crippen molar-refractivity contribution in [2.45, 2.75) is 105 Å². The van der Waals surface area contributed by atoms with Crippen LogP contribution < -0.4 is 4.52 Å². The van der Waals surface area contributed by atoms with E-state index in [1.807, 2.05) is 30.3 Å². The van der Waals surface area contributed by atoms with Gasteiger partial charge in [0.2, 0.25) is 0 Å². The van der Waals surface area contributed by atoms with E-state index in [0.29, 0.717) is 0 Å². The normalized spacial score (nSPS) is 11.4. The van der Waals surface area contributed by atoms with Gasteiger partial charge in [-0.15, -0.1) is 0 Å². The van der Waals surface area contributed by atoms with Gasteiger partial charge in [-0.25, -0.2) is 0 Å². The first-order valence-electron chi connectivity index (χ1n) is 13.0. The highest BCUT2D eigenvalue weighted by Gasteiger charge is 2.14. The summed E-state index contributed by atoms with van der Waals surface area (Å²) in [5, 5.41) is 0. The largest absolute Gasteiger partial charge is 0.427 e. The summed E-state index contributed by atoms with van der Waals surface area (Å²) in [4.78, 5) is 21.7. The topological polar surface area (TPSA) is 88.4 Å². The van der Waals surface area contributed by atoms with E-state index in [2.05, 4.69) is 27.7 Å².